The number of primary amides is 1. The topological polar surface area (TPSA) is 226 Å². The zero-order valence-corrected chi connectivity index (χ0v) is 43.8. The van der Waals surface area contributed by atoms with Crippen LogP contribution in [0.1, 0.15) is 91.6 Å². The molecule has 5 heterocycles. The van der Waals surface area contributed by atoms with Gasteiger partial charge in [-0.05, 0) is 111 Å². The van der Waals surface area contributed by atoms with Crippen LogP contribution in [0, 0.1) is 26.2 Å². The summed E-state index contributed by atoms with van der Waals surface area (Å²) in [6, 6.07) is 21.6. The first-order valence-corrected chi connectivity index (χ1v) is 26.0. The predicted octanol–water partition coefficient (Wildman–Crippen LogP) is 7.82. The lowest BCUT2D eigenvalue weighted by molar-refractivity contribution is -0.144. The summed E-state index contributed by atoms with van der Waals surface area (Å²) in [4.78, 5) is 65.0. The highest BCUT2D eigenvalue weighted by molar-refractivity contribution is 7.13. The van der Waals surface area contributed by atoms with Crippen molar-refractivity contribution in [3.8, 4) is 27.3 Å². The SMILES string of the molecule is Cc1ncsc1-c1ccc(CNC(=O)[C@@H]2C[C@@H](O)CN2C(=O)[C@@H](NC(=O)COCCCOCCCCCOc2ccc3c(c2)c2c(C(N)=O)cc(-c4c(C)noc4C)cc2n3Cc2ccccn2)C(C)(C)C)cc1. The van der Waals surface area contributed by atoms with Gasteiger partial charge in [-0.3, -0.25) is 24.2 Å². The zero-order valence-electron chi connectivity index (χ0n) is 42.9. The molecular weight excluding hydrogens is 961 g/mol. The quantitative estimate of drug-likeness (QED) is 0.0450. The van der Waals surface area contributed by atoms with E-state index in [0.717, 1.165) is 85.3 Å². The molecule has 0 spiro atoms. The van der Waals surface area contributed by atoms with Gasteiger partial charge in [-0.1, -0.05) is 56.3 Å². The van der Waals surface area contributed by atoms with E-state index in [9.17, 15) is 24.3 Å². The van der Waals surface area contributed by atoms with Gasteiger partial charge in [0, 0.05) is 72.9 Å². The van der Waals surface area contributed by atoms with Gasteiger partial charge in [-0.15, -0.1) is 11.3 Å². The number of rotatable bonds is 23. The molecule has 8 rings (SSSR count). The number of hydrogen-bond donors (Lipinski definition) is 4. The number of carbonyl (C=O) groups is 4. The first-order chi connectivity index (χ1) is 35.6. The molecule has 3 atom stereocenters. The van der Waals surface area contributed by atoms with Crippen LogP contribution in [0.4, 0.5) is 0 Å². The Morgan fingerprint density at radius 3 is 2.35 bits per heavy atom. The van der Waals surface area contributed by atoms with E-state index >= 15 is 0 Å². The molecule has 390 valence electrons. The van der Waals surface area contributed by atoms with Crippen molar-refractivity contribution in [3.63, 3.8) is 0 Å². The molecule has 0 radical (unpaired) electrons. The third kappa shape index (κ3) is 12.7. The van der Waals surface area contributed by atoms with Crippen molar-refractivity contribution >= 4 is 56.8 Å². The number of pyridine rings is 1. The lowest BCUT2D eigenvalue weighted by Gasteiger charge is -2.35. The van der Waals surface area contributed by atoms with Crippen LogP contribution in [0.25, 0.3) is 43.4 Å². The van der Waals surface area contributed by atoms with Crippen molar-refractivity contribution < 1.29 is 43.0 Å². The highest BCUT2D eigenvalue weighted by Crippen LogP contribution is 2.39. The summed E-state index contributed by atoms with van der Waals surface area (Å²) in [6.07, 6.45) is 4.10. The van der Waals surface area contributed by atoms with E-state index in [1.54, 1.807) is 17.5 Å². The Labute approximate surface area is 434 Å². The molecule has 17 nitrogen and oxygen atoms in total. The van der Waals surface area contributed by atoms with Gasteiger partial charge in [-0.2, -0.15) is 0 Å². The maximum atomic E-state index is 14.0. The third-order valence-corrected chi connectivity index (χ3v) is 14.3. The van der Waals surface area contributed by atoms with Crippen LogP contribution in [0.2, 0.25) is 0 Å². The van der Waals surface area contributed by atoms with Gasteiger partial charge >= 0.3 is 0 Å². The molecule has 0 unspecified atom stereocenters. The van der Waals surface area contributed by atoms with Crippen molar-refractivity contribution in [2.45, 2.75) is 105 Å². The highest BCUT2D eigenvalue weighted by atomic mass is 32.1. The van der Waals surface area contributed by atoms with E-state index in [2.05, 4.69) is 36.4 Å². The second kappa shape index (κ2) is 23.9. The van der Waals surface area contributed by atoms with Gasteiger partial charge in [0.2, 0.25) is 23.6 Å². The average Bonchev–Trinajstić information content (AvgIpc) is 4.16. The molecule has 0 bridgehead atoms. The van der Waals surface area contributed by atoms with Crippen LogP contribution in [-0.2, 0) is 36.9 Å². The molecule has 0 aliphatic carbocycles. The number of fused-ring (bicyclic) bond motifs is 3. The lowest BCUT2D eigenvalue weighted by Crippen LogP contribution is -2.58. The number of amides is 4. The number of hydrogen-bond acceptors (Lipinski definition) is 13. The molecule has 4 aromatic heterocycles. The number of nitrogens with zero attached hydrogens (tertiary/aromatic N) is 5. The first-order valence-electron chi connectivity index (χ1n) is 25.1. The predicted molar refractivity (Wildman–Crippen MR) is 284 cm³/mol. The molecule has 0 saturated carbocycles. The van der Waals surface area contributed by atoms with Crippen molar-refractivity contribution in [1.82, 2.24) is 35.2 Å². The van der Waals surface area contributed by atoms with Gasteiger partial charge in [0.05, 0.1) is 52.2 Å². The molecule has 1 fully saturated rings. The molecule has 7 aromatic rings. The van der Waals surface area contributed by atoms with E-state index in [1.165, 1.54) is 4.90 Å². The van der Waals surface area contributed by atoms with Crippen LogP contribution in [-0.4, -0.2) is 111 Å². The molecule has 18 heteroatoms. The number of nitrogens with two attached hydrogens (primary N) is 1. The zero-order chi connectivity index (χ0) is 52.5. The molecule has 1 aliphatic heterocycles. The first kappa shape index (κ1) is 53.3. The number of carbonyl (C=O) groups excluding carboxylic acids is 4. The standard InChI is InChI=1S/C56H66N8O9S/c1-34-49(36(3)73-62-34)39-25-44(53(57)67)50-43-28-42(18-19-45(43)63(46(50)26-39)30-40-13-8-9-20-58-40)72-24-11-7-10-21-70-22-12-23-71-32-48(66)61-52(56(4,5)6)55(69)64-31-41(65)27-47(64)54(68)59-29-37-14-16-38(17-15-37)51-35(2)60-33-74-51/h8-9,13-20,25-26,28,33,41,47,52,65H,7,10-12,21-24,27,29-32H2,1-6H3,(H2,57,67)(H,59,68)(H,61,66)/t41-,47+,52-/m1/s1. The fourth-order valence-corrected chi connectivity index (χ4v) is 10.3. The van der Waals surface area contributed by atoms with E-state index in [1.807, 2.05) is 114 Å². The minimum absolute atomic E-state index is 0.0131. The summed E-state index contributed by atoms with van der Waals surface area (Å²) < 4.78 is 25.4. The van der Waals surface area contributed by atoms with Crippen LogP contribution in [0.5, 0.6) is 5.75 Å². The molecule has 5 N–H and O–H groups in total. The number of benzene rings is 3. The molecule has 1 aliphatic rings. The normalized spacial score (nSPS) is 15.2. The number of ether oxygens (including phenoxy) is 3. The molecule has 4 amide bonds. The number of β-amino-alcohol motifs (C(OH)–C–C–N with tert-alkyl or cyclic N) is 1. The Kier molecular flexibility index (Phi) is 17.2. The third-order valence-electron chi connectivity index (χ3n) is 13.3. The summed E-state index contributed by atoms with van der Waals surface area (Å²) in [5.41, 5.74) is 15.4. The van der Waals surface area contributed by atoms with Gasteiger partial charge in [0.1, 0.15) is 30.2 Å². The van der Waals surface area contributed by atoms with Gasteiger partial charge in [0.15, 0.2) is 0 Å². The van der Waals surface area contributed by atoms with Gasteiger partial charge in [-0.25, -0.2) is 4.98 Å². The number of aliphatic hydroxyl groups is 1. The average molecular weight is 1030 g/mol. The largest absolute Gasteiger partial charge is 0.494 e. The molecule has 74 heavy (non-hydrogen) atoms. The number of aryl methyl sites for hydroxylation is 3. The van der Waals surface area contributed by atoms with Crippen molar-refractivity contribution in [1.29, 1.82) is 0 Å². The molecule has 3 aromatic carbocycles. The van der Waals surface area contributed by atoms with E-state index in [-0.39, 0.29) is 32.0 Å². The number of nitrogens with one attached hydrogen (secondary N) is 2. The number of aromatic nitrogens is 4. The van der Waals surface area contributed by atoms with Crippen molar-refractivity contribution in [2.75, 3.05) is 39.6 Å². The number of thiazole rings is 1. The second-order valence-electron chi connectivity index (χ2n) is 19.9. The van der Waals surface area contributed by atoms with Gasteiger partial charge in [0.25, 0.3) is 0 Å². The minimum atomic E-state index is -0.956. The Balaban J connectivity index is 0.755. The van der Waals surface area contributed by atoms with E-state index < -0.39 is 41.3 Å². The smallest absolute Gasteiger partial charge is 0.249 e. The Hall–Kier alpha value is -6.99. The monoisotopic (exact) mass is 1030 g/mol. The number of likely N-dealkylation sites (tertiary alicyclic amines) is 1. The molecule has 1 saturated heterocycles. The Morgan fingerprint density at radius 2 is 1.65 bits per heavy atom. The fourth-order valence-electron chi connectivity index (χ4n) is 9.54. The van der Waals surface area contributed by atoms with Crippen LogP contribution >= 0.6 is 11.3 Å². The van der Waals surface area contributed by atoms with Crippen LogP contribution < -0.4 is 21.1 Å². The second-order valence-corrected chi connectivity index (χ2v) is 20.8. The fraction of sp³-hybridized carbons (Fsp3) is 0.411. The maximum absolute atomic E-state index is 14.0. The van der Waals surface area contributed by atoms with Gasteiger partial charge < -0.3 is 49.7 Å². The molecular formula is C56H66N8O9S. The van der Waals surface area contributed by atoms with E-state index in [4.69, 9.17) is 24.5 Å². The van der Waals surface area contributed by atoms with Crippen LogP contribution in [0.3, 0.4) is 0 Å². The number of aliphatic hydroxyl groups excluding tert-OH is 1. The van der Waals surface area contributed by atoms with Crippen molar-refractivity contribution in [2.24, 2.45) is 11.1 Å². The Morgan fingerprint density at radius 1 is 0.878 bits per heavy atom. The highest BCUT2D eigenvalue weighted by Gasteiger charge is 2.44. The minimum Gasteiger partial charge on any atom is -0.494 e. The van der Waals surface area contributed by atoms with E-state index in [0.29, 0.717) is 56.5 Å². The number of unbranched alkanes of at least 4 members (excludes halogenated alkanes) is 2. The summed E-state index contributed by atoms with van der Waals surface area (Å²) in [5, 5.41) is 22.1. The summed E-state index contributed by atoms with van der Waals surface area (Å²) in [5.74, 6) is -0.464. The van der Waals surface area contributed by atoms with Crippen LogP contribution in [0.15, 0.2) is 89.0 Å². The summed E-state index contributed by atoms with van der Waals surface area (Å²) in [6.45, 7) is 13.5. The maximum Gasteiger partial charge on any atom is 0.249 e. The van der Waals surface area contributed by atoms with Crippen molar-refractivity contribution in [3.05, 3.63) is 118 Å². The lowest BCUT2D eigenvalue weighted by atomic mass is 9.85. The Bertz CT molecular complexity index is 3070. The summed E-state index contributed by atoms with van der Waals surface area (Å²) in [7, 11) is 0. The summed E-state index contributed by atoms with van der Waals surface area (Å²) >= 11 is 1.57.